The summed E-state index contributed by atoms with van der Waals surface area (Å²) in [6.45, 7) is 8.25. The number of hydrogen-bond acceptors (Lipinski definition) is 6. The topological polar surface area (TPSA) is 107 Å². The van der Waals surface area contributed by atoms with E-state index < -0.39 is 11.7 Å². The third-order valence-corrected chi connectivity index (χ3v) is 7.48. The molecule has 0 bridgehead atoms. The minimum Gasteiger partial charge on any atom is -0.444 e. The van der Waals surface area contributed by atoms with E-state index in [1.807, 2.05) is 38.6 Å². The number of aromatic amines is 1. The summed E-state index contributed by atoms with van der Waals surface area (Å²) in [6, 6.07) is 6.34. The van der Waals surface area contributed by atoms with E-state index in [0.717, 1.165) is 83.5 Å². The molecule has 1 aliphatic heterocycles. The van der Waals surface area contributed by atoms with Crippen molar-refractivity contribution in [2.75, 3.05) is 11.9 Å². The van der Waals surface area contributed by atoms with Crippen molar-refractivity contribution in [3.05, 3.63) is 47.5 Å². The van der Waals surface area contributed by atoms with Crippen LogP contribution in [0.5, 0.6) is 0 Å². The number of carbonyl (C=O) groups excluding carboxylic acids is 1. The quantitative estimate of drug-likeness (QED) is 0.304. The first-order chi connectivity index (χ1) is 18.8. The Morgan fingerprint density at radius 1 is 1.15 bits per heavy atom. The fourth-order valence-corrected chi connectivity index (χ4v) is 5.54. The molecule has 0 radical (unpaired) electrons. The van der Waals surface area contributed by atoms with E-state index in [-0.39, 0.29) is 6.23 Å². The number of benzene rings is 1. The average molecular weight is 529 g/mol. The minimum atomic E-state index is -0.586. The fraction of sp³-hybridized carbons (Fsp3) is 0.467. The third kappa shape index (κ3) is 5.15. The SMILES string of the molecule is Cc1c(NC(=O)OC(C)(C)C)cncc1-c1ccc2c(c1)c(-c1nc3c([nH]1)CCCC3)nn2C1CCCCO1. The normalized spacial score (nSPS) is 17.7. The van der Waals surface area contributed by atoms with Gasteiger partial charge in [0, 0.05) is 29.4 Å². The first-order valence-electron chi connectivity index (χ1n) is 13.9. The molecule has 6 rings (SSSR count). The maximum atomic E-state index is 12.4. The number of hydrogen-bond donors (Lipinski definition) is 2. The number of rotatable bonds is 4. The maximum absolute atomic E-state index is 12.4. The van der Waals surface area contributed by atoms with Crippen molar-refractivity contribution >= 4 is 22.7 Å². The van der Waals surface area contributed by atoms with Crippen LogP contribution in [0.15, 0.2) is 30.6 Å². The van der Waals surface area contributed by atoms with E-state index in [1.54, 1.807) is 6.20 Å². The van der Waals surface area contributed by atoms with Crippen LogP contribution in [0, 0.1) is 6.92 Å². The molecule has 3 aromatic heterocycles. The Kier molecular flexibility index (Phi) is 6.62. The zero-order valence-electron chi connectivity index (χ0n) is 23.1. The van der Waals surface area contributed by atoms with Gasteiger partial charge in [-0.1, -0.05) is 6.07 Å². The molecule has 1 unspecified atom stereocenters. The Hall–Kier alpha value is -3.72. The van der Waals surface area contributed by atoms with Gasteiger partial charge in [0.25, 0.3) is 0 Å². The third-order valence-electron chi connectivity index (χ3n) is 7.48. The molecule has 4 heterocycles. The molecule has 1 atom stereocenters. The highest BCUT2D eigenvalue weighted by Crippen LogP contribution is 2.37. The number of aromatic nitrogens is 5. The monoisotopic (exact) mass is 528 g/mol. The number of fused-ring (bicyclic) bond motifs is 2. The molecule has 1 fully saturated rings. The lowest BCUT2D eigenvalue weighted by Crippen LogP contribution is -2.27. The first-order valence-corrected chi connectivity index (χ1v) is 13.9. The van der Waals surface area contributed by atoms with Gasteiger partial charge in [0.15, 0.2) is 12.1 Å². The van der Waals surface area contributed by atoms with Gasteiger partial charge in [0.05, 0.1) is 23.1 Å². The van der Waals surface area contributed by atoms with Crippen LogP contribution in [-0.2, 0) is 22.3 Å². The van der Waals surface area contributed by atoms with Crippen LogP contribution < -0.4 is 5.32 Å². The predicted molar refractivity (Wildman–Crippen MR) is 151 cm³/mol. The average Bonchev–Trinajstić information content (AvgIpc) is 3.50. The van der Waals surface area contributed by atoms with Crippen LogP contribution in [0.25, 0.3) is 33.5 Å². The van der Waals surface area contributed by atoms with Crippen molar-refractivity contribution in [1.82, 2.24) is 24.7 Å². The Labute approximate surface area is 228 Å². The summed E-state index contributed by atoms with van der Waals surface area (Å²) in [6.07, 6.45) is 10.4. The molecule has 204 valence electrons. The second kappa shape index (κ2) is 10.1. The van der Waals surface area contributed by atoms with Gasteiger partial charge in [0.2, 0.25) is 0 Å². The molecule has 1 aliphatic carbocycles. The molecule has 1 saturated heterocycles. The maximum Gasteiger partial charge on any atom is 0.412 e. The van der Waals surface area contributed by atoms with E-state index in [9.17, 15) is 4.79 Å². The van der Waals surface area contributed by atoms with E-state index in [2.05, 4.69) is 33.5 Å². The summed E-state index contributed by atoms with van der Waals surface area (Å²) in [5.41, 5.74) is 7.10. The van der Waals surface area contributed by atoms with Crippen molar-refractivity contribution in [1.29, 1.82) is 0 Å². The zero-order chi connectivity index (χ0) is 27.1. The summed E-state index contributed by atoms with van der Waals surface area (Å²) in [5, 5.41) is 8.95. The fourth-order valence-electron chi connectivity index (χ4n) is 5.54. The second-order valence-electron chi connectivity index (χ2n) is 11.6. The number of amides is 1. The molecule has 4 aromatic rings. The smallest absolute Gasteiger partial charge is 0.412 e. The second-order valence-corrected chi connectivity index (χ2v) is 11.6. The highest BCUT2D eigenvalue weighted by Gasteiger charge is 2.25. The number of aryl methyl sites for hydroxylation is 2. The number of carbonyl (C=O) groups is 1. The Balaban J connectivity index is 1.42. The van der Waals surface area contributed by atoms with Crippen LogP contribution >= 0.6 is 0 Å². The van der Waals surface area contributed by atoms with Crippen molar-refractivity contribution in [2.24, 2.45) is 0 Å². The number of nitrogens with one attached hydrogen (secondary N) is 2. The predicted octanol–water partition coefficient (Wildman–Crippen LogP) is 6.72. The van der Waals surface area contributed by atoms with Gasteiger partial charge in [-0.15, -0.1) is 0 Å². The highest BCUT2D eigenvalue weighted by atomic mass is 16.6. The molecule has 9 nitrogen and oxygen atoms in total. The van der Waals surface area contributed by atoms with Gasteiger partial charge in [-0.25, -0.2) is 14.5 Å². The molecule has 1 aromatic carbocycles. The van der Waals surface area contributed by atoms with E-state index in [0.29, 0.717) is 5.69 Å². The number of H-pyrrole nitrogens is 1. The van der Waals surface area contributed by atoms with Gasteiger partial charge in [-0.2, -0.15) is 5.10 Å². The summed E-state index contributed by atoms with van der Waals surface area (Å²) >= 11 is 0. The lowest BCUT2D eigenvalue weighted by Gasteiger charge is -2.23. The number of nitrogens with zero attached hydrogens (tertiary/aromatic N) is 4. The summed E-state index contributed by atoms with van der Waals surface area (Å²) in [5.74, 6) is 0.814. The molecule has 1 amide bonds. The molecule has 2 aliphatic rings. The van der Waals surface area contributed by atoms with E-state index in [4.69, 9.17) is 19.6 Å². The van der Waals surface area contributed by atoms with Gasteiger partial charge in [-0.05, 0) is 95.9 Å². The molecule has 9 heteroatoms. The Morgan fingerprint density at radius 3 is 2.77 bits per heavy atom. The summed E-state index contributed by atoms with van der Waals surface area (Å²) < 4.78 is 13.6. The van der Waals surface area contributed by atoms with E-state index >= 15 is 0 Å². The summed E-state index contributed by atoms with van der Waals surface area (Å²) in [4.78, 5) is 25.4. The van der Waals surface area contributed by atoms with Crippen molar-refractivity contribution in [2.45, 2.75) is 84.5 Å². The van der Waals surface area contributed by atoms with Crippen molar-refractivity contribution in [3.8, 4) is 22.6 Å². The van der Waals surface area contributed by atoms with E-state index in [1.165, 1.54) is 18.5 Å². The van der Waals surface area contributed by atoms with Crippen LogP contribution in [0.3, 0.4) is 0 Å². The minimum absolute atomic E-state index is 0.0878. The molecule has 39 heavy (non-hydrogen) atoms. The number of imidazole rings is 1. The Morgan fingerprint density at radius 2 is 2.00 bits per heavy atom. The largest absolute Gasteiger partial charge is 0.444 e. The van der Waals surface area contributed by atoms with Crippen LogP contribution in [0.2, 0.25) is 0 Å². The lowest BCUT2D eigenvalue weighted by atomic mass is 9.99. The van der Waals surface area contributed by atoms with Crippen molar-refractivity contribution < 1.29 is 14.3 Å². The van der Waals surface area contributed by atoms with Gasteiger partial charge >= 0.3 is 6.09 Å². The first kappa shape index (κ1) is 25.6. The van der Waals surface area contributed by atoms with Crippen LogP contribution in [0.4, 0.5) is 10.5 Å². The summed E-state index contributed by atoms with van der Waals surface area (Å²) in [7, 11) is 0. The molecule has 0 spiro atoms. The Bertz CT molecular complexity index is 1500. The van der Waals surface area contributed by atoms with Gasteiger partial charge in [-0.3, -0.25) is 10.3 Å². The molecule has 0 saturated carbocycles. The van der Waals surface area contributed by atoms with Crippen molar-refractivity contribution in [3.63, 3.8) is 0 Å². The van der Waals surface area contributed by atoms with Crippen LogP contribution in [-0.4, -0.2) is 43.0 Å². The standard InChI is InChI=1S/C30H36N6O3/c1-18-21(16-31-17-24(18)34-29(37)39-30(2,3)4)19-12-13-25-20(15-19)27(35-36(25)26-11-7-8-14-38-26)28-32-22-9-5-6-10-23(22)33-28/h12-13,15-17,26H,5-11,14H2,1-4H3,(H,32,33)(H,34,37). The zero-order valence-corrected chi connectivity index (χ0v) is 23.1. The number of pyridine rings is 1. The van der Waals surface area contributed by atoms with Gasteiger partial charge in [0.1, 0.15) is 11.3 Å². The number of anilines is 1. The number of ether oxygens (including phenoxy) is 2. The van der Waals surface area contributed by atoms with Crippen LogP contribution in [0.1, 0.15) is 76.1 Å². The molecular formula is C30H36N6O3. The lowest BCUT2D eigenvalue weighted by molar-refractivity contribution is -0.0365. The highest BCUT2D eigenvalue weighted by molar-refractivity contribution is 5.96. The van der Waals surface area contributed by atoms with Gasteiger partial charge < -0.3 is 14.5 Å². The molecular weight excluding hydrogens is 492 g/mol. The molecule has 2 N–H and O–H groups in total.